The summed E-state index contributed by atoms with van der Waals surface area (Å²) in [5, 5.41) is 18.2. The Morgan fingerprint density at radius 2 is 2.38 bits per heavy atom. The molecule has 21 heavy (non-hydrogen) atoms. The average molecular weight is 288 g/mol. The highest BCUT2D eigenvalue weighted by molar-refractivity contribution is 5.58. The fourth-order valence-corrected chi connectivity index (χ4v) is 2.74. The van der Waals surface area contributed by atoms with Gasteiger partial charge in [0.1, 0.15) is 0 Å². The van der Waals surface area contributed by atoms with Crippen LogP contribution in [0.2, 0.25) is 0 Å². The molecule has 1 aromatic heterocycles. The second-order valence-corrected chi connectivity index (χ2v) is 5.20. The highest BCUT2D eigenvalue weighted by Gasteiger charge is 2.39. The van der Waals surface area contributed by atoms with Gasteiger partial charge in [0.15, 0.2) is 0 Å². The van der Waals surface area contributed by atoms with E-state index in [2.05, 4.69) is 22.4 Å². The lowest BCUT2D eigenvalue weighted by molar-refractivity contribution is -0.384. The second-order valence-electron chi connectivity index (χ2n) is 5.20. The van der Waals surface area contributed by atoms with Gasteiger partial charge >= 0.3 is 0 Å². The lowest BCUT2D eigenvalue weighted by Gasteiger charge is -2.22. The normalized spacial score (nSPS) is 21.6. The molecule has 7 nitrogen and oxygen atoms in total. The van der Waals surface area contributed by atoms with E-state index in [0.717, 1.165) is 25.8 Å². The maximum absolute atomic E-state index is 10.8. The first-order chi connectivity index (χ1) is 10.1. The molecular formula is C14H16N4O3. The molecule has 110 valence electrons. The predicted octanol–water partition coefficient (Wildman–Crippen LogP) is 2.63. The molecule has 0 radical (unpaired) electrons. The zero-order valence-electron chi connectivity index (χ0n) is 11.7. The minimum Gasteiger partial charge on any atom is -0.337 e. The molecule has 1 atom stereocenters. The largest absolute Gasteiger partial charge is 0.337 e. The lowest BCUT2D eigenvalue weighted by atomic mass is 9.94. The van der Waals surface area contributed by atoms with Crippen molar-refractivity contribution >= 4 is 5.69 Å². The molecule has 0 amide bonds. The number of nitro groups is 1. The molecule has 0 spiro atoms. The molecule has 0 aliphatic carbocycles. The van der Waals surface area contributed by atoms with Crippen LogP contribution in [0.4, 0.5) is 5.69 Å². The highest BCUT2D eigenvalue weighted by atomic mass is 16.6. The molecule has 3 rings (SSSR count). The average Bonchev–Trinajstić information content (AvgIpc) is 3.17. The van der Waals surface area contributed by atoms with E-state index in [1.54, 1.807) is 12.1 Å². The summed E-state index contributed by atoms with van der Waals surface area (Å²) < 4.78 is 5.40. The molecule has 7 heteroatoms. The monoisotopic (exact) mass is 288 g/mol. The number of non-ortho nitro benzene ring substituents is 1. The van der Waals surface area contributed by atoms with Crippen molar-refractivity contribution in [2.24, 2.45) is 0 Å². The van der Waals surface area contributed by atoms with E-state index < -0.39 is 4.92 Å². The van der Waals surface area contributed by atoms with E-state index in [4.69, 9.17) is 4.52 Å². The van der Waals surface area contributed by atoms with Crippen LogP contribution in [0.25, 0.3) is 11.4 Å². The molecular weight excluding hydrogens is 272 g/mol. The van der Waals surface area contributed by atoms with Crippen LogP contribution in [0, 0.1) is 10.1 Å². The third-order valence-corrected chi connectivity index (χ3v) is 4.00. The molecule has 2 heterocycles. The summed E-state index contributed by atoms with van der Waals surface area (Å²) >= 11 is 0. The van der Waals surface area contributed by atoms with E-state index in [0.29, 0.717) is 17.3 Å². The van der Waals surface area contributed by atoms with E-state index in [1.165, 1.54) is 12.1 Å². The molecule has 0 saturated carbocycles. The summed E-state index contributed by atoms with van der Waals surface area (Å²) in [6, 6.07) is 6.25. The molecule has 1 saturated heterocycles. The van der Waals surface area contributed by atoms with Gasteiger partial charge in [-0.1, -0.05) is 24.2 Å². The van der Waals surface area contributed by atoms with Crippen molar-refractivity contribution in [1.29, 1.82) is 0 Å². The Balaban J connectivity index is 1.95. The highest BCUT2D eigenvalue weighted by Crippen LogP contribution is 2.34. The molecule has 1 aliphatic heterocycles. The Bertz CT molecular complexity index is 662. The zero-order valence-corrected chi connectivity index (χ0v) is 11.7. The van der Waals surface area contributed by atoms with Gasteiger partial charge in [0.05, 0.1) is 10.5 Å². The minimum absolute atomic E-state index is 0.0167. The second kappa shape index (κ2) is 5.25. The Labute approximate surface area is 121 Å². The van der Waals surface area contributed by atoms with Crippen molar-refractivity contribution in [3.05, 3.63) is 40.3 Å². The zero-order chi connectivity index (χ0) is 14.9. The lowest BCUT2D eigenvalue weighted by Crippen LogP contribution is -2.36. The molecule has 1 fully saturated rings. The number of nitrogens with zero attached hydrogens (tertiary/aromatic N) is 3. The first-order valence-electron chi connectivity index (χ1n) is 6.99. The van der Waals surface area contributed by atoms with Crippen LogP contribution in [0.15, 0.2) is 28.8 Å². The number of rotatable bonds is 4. The van der Waals surface area contributed by atoms with Crippen molar-refractivity contribution in [3.8, 4) is 11.4 Å². The van der Waals surface area contributed by atoms with Crippen LogP contribution in [0.1, 0.15) is 32.1 Å². The number of hydrogen-bond donors (Lipinski definition) is 1. The summed E-state index contributed by atoms with van der Waals surface area (Å²) in [4.78, 5) is 14.8. The summed E-state index contributed by atoms with van der Waals surface area (Å²) in [6.07, 6.45) is 2.89. The Hall–Kier alpha value is -2.28. The van der Waals surface area contributed by atoms with Gasteiger partial charge in [-0.25, -0.2) is 0 Å². The topological polar surface area (TPSA) is 94.1 Å². The Morgan fingerprint density at radius 1 is 1.52 bits per heavy atom. The molecule has 2 aromatic rings. The predicted molar refractivity (Wildman–Crippen MR) is 75.6 cm³/mol. The van der Waals surface area contributed by atoms with E-state index >= 15 is 0 Å². The van der Waals surface area contributed by atoms with Crippen molar-refractivity contribution in [2.45, 2.75) is 31.7 Å². The van der Waals surface area contributed by atoms with Crippen LogP contribution < -0.4 is 5.32 Å². The van der Waals surface area contributed by atoms with Crippen LogP contribution in [0.3, 0.4) is 0 Å². The molecule has 1 aliphatic rings. The fourth-order valence-electron chi connectivity index (χ4n) is 2.74. The number of aromatic nitrogens is 2. The van der Waals surface area contributed by atoms with Gasteiger partial charge in [-0.05, 0) is 25.8 Å². The van der Waals surface area contributed by atoms with E-state index in [-0.39, 0.29) is 11.2 Å². The van der Waals surface area contributed by atoms with Crippen molar-refractivity contribution in [2.75, 3.05) is 6.54 Å². The maximum atomic E-state index is 10.8. The summed E-state index contributed by atoms with van der Waals surface area (Å²) in [5.74, 6) is 0.944. The summed E-state index contributed by atoms with van der Waals surface area (Å²) in [7, 11) is 0. The van der Waals surface area contributed by atoms with Gasteiger partial charge < -0.3 is 9.84 Å². The Kier molecular flexibility index (Phi) is 3.42. The van der Waals surface area contributed by atoms with Gasteiger partial charge in [0.25, 0.3) is 5.69 Å². The van der Waals surface area contributed by atoms with Gasteiger partial charge in [0.2, 0.25) is 11.7 Å². The van der Waals surface area contributed by atoms with Gasteiger partial charge in [-0.15, -0.1) is 0 Å². The number of hydrogen-bond acceptors (Lipinski definition) is 6. The number of nitrogens with one attached hydrogen (secondary N) is 1. The Morgan fingerprint density at radius 3 is 3.05 bits per heavy atom. The van der Waals surface area contributed by atoms with Crippen LogP contribution in [-0.4, -0.2) is 21.6 Å². The van der Waals surface area contributed by atoms with Crippen molar-refractivity contribution < 1.29 is 9.45 Å². The van der Waals surface area contributed by atoms with Gasteiger partial charge in [-0.3, -0.25) is 10.1 Å². The number of benzene rings is 1. The summed E-state index contributed by atoms with van der Waals surface area (Å²) in [5.41, 5.74) is 0.345. The van der Waals surface area contributed by atoms with E-state index in [1.807, 2.05) is 0 Å². The van der Waals surface area contributed by atoms with E-state index in [9.17, 15) is 10.1 Å². The minimum atomic E-state index is -0.434. The first-order valence-corrected chi connectivity index (χ1v) is 6.99. The smallest absolute Gasteiger partial charge is 0.270 e. The molecule has 1 N–H and O–H groups in total. The molecule has 1 aromatic carbocycles. The van der Waals surface area contributed by atoms with Crippen molar-refractivity contribution in [1.82, 2.24) is 15.5 Å². The molecule has 1 unspecified atom stereocenters. The first kappa shape index (κ1) is 13.7. The summed E-state index contributed by atoms with van der Waals surface area (Å²) in [6.45, 7) is 3.01. The van der Waals surface area contributed by atoms with Crippen LogP contribution in [0.5, 0.6) is 0 Å². The number of nitro benzene ring substituents is 1. The van der Waals surface area contributed by atoms with Crippen LogP contribution in [-0.2, 0) is 5.54 Å². The van der Waals surface area contributed by atoms with Crippen LogP contribution >= 0.6 is 0 Å². The SMILES string of the molecule is CCC1(c2nc(-c3cccc([N+](=O)[O-])c3)no2)CCCN1. The van der Waals surface area contributed by atoms with Gasteiger partial charge in [0, 0.05) is 17.7 Å². The van der Waals surface area contributed by atoms with Gasteiger partial charge in [-0.2, -0.15) is 4.98 Å². The quantitative estimate of drug-likeness (QED) is 0.686. The van der Waals surface area contributed by atoms with Crippen molar-refractivity contribution in [3.63, 3.8) is 0 Å². The molecule has 0 bridgehead atoms. The third-order valence-electron chi connectivity index (χ3n) is 4.00. The fraction of sp³-hybridized carbons (Fsp3) is 0.429. The maximum Gasteiger partial charge on any atom is 0.270 e. The third kappa shape index (κ3) is 2.40. The standard InChI is InChI=1S/C14H16N4O3/c1-2-14(7-4-8-15-14)13-16-12(17-21-13)10-5-3-6-11(9-10)18(19)20/h3,5-6,9,15H,2,4,7-8H2,1H3.